The number of hydrogen-bond acceptors (Lipinski definition) is 4. The Morgan fingerprint density at radius 2 is 2.22 bits per heavy atom. The monoisotopic (exact) mass is 242 g/mol. The van der Waals surface area contributed by atoms with Crippen LogP contribution in [0, 0.1) is 6.92 Å². The highest BCUT2D eigenvalue weighted by Gasteiger charge is 2.08. The van der Waals surface area contributed by atoms with Gasteiger partial charge in [0.15, 0.2) is 0 Å². The predicted molar refractivity (Wildman–Crippen MR) is 68.8 cm³/mol. The number of rotatable bonds is 3. The van der Waals surface area contributed by atoms with Gasteiger partial charge in [0.2, 0.25) is 0 Å². The lowest BCUT2D eigenvalue weighted by Crippen LogP contribution is -2.24. The van der Waals surface area contributed by atoms with E-state index in [0.717, 1.165) is 11.4 Å². The van der Waals surface area contributed by atoms with E-state index in [9.17, 15) is 4.79 Å². The smallest absolute Gasteiger partial charge is 0.253 e. The van der Waals surface area contributed by atoms with Gasteiger partial charge in [0.1, 0.15) is 0 Å². The summed E-state index contributed by atoms with van der Waals surface area (Å²) in [5, 5.41) is 2.77. The van der Waals surface area contributed by atoms with Crippen molar-refractivity contribution in [2.45, 2.75) is 13.5 Å². The minimum atomic E-state index is -0.224. The zero-order chi connectivity index (χ0) is 13.0. The number of aryl methyl sites for hydroxylation is 1. The Bertz CT molecular complexity index is 568. The van der Waals surface area contributed by atoms with Gasteiger partial charge < -0.3 is 11.1 Å². The lowest BCUT2D eigenvalue weighted by Gasteiger charge is -2.07. The maximum Gasteiger partial charge on any atom is 0.253 e. The fourth-order valence-corrected chi connectivity index (χ4v) is 1.58. The van der Waals surface area contributed by atoms with Crippen LogP contribution in [0.3, 0.4) is 0 Å². The Morgan fingerprint density at radius 3 is 2.94 bits per heavy atom. The number of carbonyl (C=O) groups excluding carboxylic acids is 1. The number of carbonyl (C=O) groups is 1. The molecule has 0 saturated carbocycles. The van der Waals surface area contributed by atoms with Crippen molar-refractivity contribution in [3.05, 3.63) is 53.6 Å². The average molecular weight is 242 g/mol. The summed E-state index contributed by atoms with van der Waals surface area (Å²) < 4.78 is 0. The number of aromatic nitrogens is 2. The normalized spacial score (nSPS) is 10.1. The molecule has 0 aliphatic rings. The third kappa shape index (κ3) is 2.82. The molecule has 2 aromatic rings. The number of nitrogens with one attached hydrogen (secondary N) is 1. The van der Waals surface area contributed by atoms with Crippen LogP contribution in [0.25, 0.3) is 0 Å². The van der Waals surface area contributed by atoms with Crippen molar-refractivity contribution in [2.75, 3.05) is 5.73 Å². The van der Waals surface area contributed by atoms with Gasteiger partial charge >= 0.3 is 0 Å². The molecule has 1 amide bonds. The molecule has 2 heterocycles. The van der Waals surface area contributed by atoms with Gasteiger partial charge in [-0.25, -0.2) is 0 Å². The van der Waals surface area contributed by atoms with Crippen molar-refractivity contribution in [2.24, 2.45) is 0 Å². The molecule has 0 atom stereocenters. The molecule has 0 spiro atoms. The Balaban J connectivity index is 2.03. The molecule has 5 heteroatoms. The lowest BCUT2D eigenvalue weighted by atomic mass is 10.2. The van der Waals surface area contributed by atoms with Gasteiger partial charge in [-0.3, -0.25) is 14.8 Å². The maximum atomic E-state index is 11.9. The van der Waals surface area contributed by atoms with E-state index in [1.807, 2.05) is 25.1 Å². The number of pyridine rings is 2. The number of nitrogens with zero attached hydrogens (tertiary/aromatic N) is 2. The molecule has 92 valence electrons. The fourth-order valence-electron chi connectivity index (χ4n) is 1.58. The van der Waals surface area contributed by atoms with Gasteiger partial charge in [-0.05, 0) is 25.1 Å². The zero-order valence-electron chi connectivity index (χ0n) is 10.1. The molecule has 2 rings (SSSR count). The summed E-state index contributed by atoms with van der Waals surface area (Å²) in [5.41, 5.74) is 8.21. The topological polar surface area (TPSA) is 80.9 Å². The van der Waals surface area contributed by atoms with Crippen molar-refractivity contribution in [1.29, 1.82) is 0 Å². The summed E-state index contributed by atoms with van der Waals surface area (Å²) in [6, 6.07) is 7.27. The van der Waals surface area contributed by atoms with Gasteiger partial charge in [-0.15, -0.1) is 0 Å². The third-order valence-electron chi connectivity index (χ3n) is 2.47. The molecule has 3 N–H and O–H groups in total. The second-order valence-corrected chi connectivity index (χ2v) is 3.92. The third-order valence-corrected chi connectivity index (χ3v) is 2.47. The van der Waals surface area contributed by atoms with Crippen LogP contribution in [0.4, 0.5) is 5.69 Å². The predicted octanol–water partition coefficient (Wildman–Crippen LogP) is 1.30. The number of anilines is 1. The van der Waals surface area contributed by atoms with Gasteiger partial charge in [-0.1, -0.05) is 6.07 Å². The van der Waals surface area contributed by atoms with Gasteiger partial charge in [-0.2, -0.15) is 0 Å². The molecule has 0 unspecified atom stereocenters. The standard InChI is InChI=1S/C13H14N4O/c1-9-3-2-4-10(17-9)7-16-13(18)11-5-6-15-8-12(11)14/h2-6,8H,7,14H2,1H3,(H,16,18). The molecule has 18 heavy (non-hydrogen) atoms. The zero-order valence-corrected chi connectivity index (χ0v) is 10.1. The minimum absolute atomic E-state index is 0.224. The van der Waals surface area contributed by atoms with Crippen LogP contribution in [-0.2, 0) is 6.54 Å². The van der Waals surface area contributed by atoms with Crippen molar-refractivity contribution in [3.63, 3.8) is 0 Å². The van der Waals surface area contributed by atoms with Crippen LogP contribution in [-0.4, -0.2) is 15.9 Å². The molecule has 0 saturated heterocycles. The second kappa shape index (κ2) is 5.27. The average Bonchev–Trinajstić information content (AvgIpc) is 2.37. The molecule has 0 bridgehead atoms. The minimum Gasteiger partial charge on any atom is -0.397 e. The highest BCUT2D eigenvalue weighted by molar-refractivity contribution is 5.98. The molecule has 0 radical (unpaired) electrons. The first-order valence-corrected chi connectivity index (χ1v) is 5.57. The van der Waals surface area contributed by atoms with Crippen molar-refractivity contribution < 1.29 is 4.79 Å². The summed E-state index contributed by atoms with van der Waals surface area (Å²) in [6.45, 7) is 2.29. The lowest BCUT2D eigenvalue weighted by molar-refractivity contribution is 0.0951. The van der Waals surface area contributed by atoms with Crippen LogP contribution < -0.4 is 11.1 Å². The second-order valence-electron chi connectivity index (χ2n) is 3.92. The van der Waals surface area contributed by atoms with E-state index in [-0.39, 0.29) is 5.91 Å². The Morgan fingerprint density at radius 1 is 1.39 bits per heavy atom. The first kappa shape index (κ1) is 12.0. The van der Waals surface area contributed by atoms with E-state index in [4.69, 9.17) is 5.73 Å². The number of nitrogen functional groups attached to an aromatic ring is 1. The Kier molecular flexibility index (Phi) is 3.52. The summed E-state index contributed by atoms with van der Waals surface area (Å²) in [6.07, 6.45) is 3.00. The van der Waals surface area contributed by atoms with Gasteiger partial charge in [0.05, 0.1) is 29.7 Å². The molecular weight excluding hydrogens is 228 g/mol. The van der Waals surface area contributed by atoms with Crippen LogP contribution in [0.1, 0.15) is 21.7 Å². The highest BCUT2D eigenvalue weighted by Crippen LogP contribution is 2.08. The Hall–Kier alpha value is -2.43. The largest absolute Gasteiger partial charge is 0.397 e. The molecule has 5 nitrogen and oxygen atoms in total. The fraction of sp³-hybridized carbons (Fsp3) is 0.154. The molecular formula is C13H14N4O. The van der Waals surface area contributed by atoms with Crippen molar-refractivity contribution in [3.8, 4) is 0 Å². The van der Waals surface area contributed by atoms with Gasteiger partial charge in [0.25, 0.3) is 5.91 Å². The molecule has 0 fully saturated rings. The number of hydrogen-bond donors (Lipinski definition) is 2. The van der Waals surface area contributed by atoms with Crippen LogP contribution in [0.5, 0.6) is 0 Å². The van der Waals surface area contributed by atoms with E-state index < -0.39 is 0 Å². The Labute approximate surface area is 105 Å². The van der Waals surface area contributed by atoms with Crippen molar-refractivity contribution in [1.82, 2.24) is 15.3 Å². The molecule has 0 aliphatic heterocycles. The SMILES string of the molecule is Cc1cccc(CNC(=O)c2ccncc2N)n1. The van der Waals surface area contributed by atoms with E-state index in [1.165, 1.54) is 12.4 Å². The van der Waals surface area contributed by atoms with Crippen molar-refractivity contribution >= 4 is 11.6 Å². The summed E-state index contributed by atoms with van der Waals surface area (Å²) >= 11 is 0. The van der Waals surface area contributed by atoms with E-state index in [0.29, 0.717) is 17.8 Å². The molecule has 0 aliphatic carbocycles. The number of amides is 1. The van der Waals surface area contributed by atoms with E-state index in [2.05, 4.69) is 15.3 Å². The van der Waals surface area contributed by atoms with Crippen LogP contribution >= 0.6 is 0 Å². The highest BCUT2D eigenvalue weighted by atomic mass is 16.1. The van der Waals surface area contributed by atoms with E-state index in [1.54, 1.807) is 6.07 Å². The molecule has 2 aromatic heterocycles. The first-order chi connectivity index (χ1) is 8.66. The van der Waals surface area contributed by atoms with Crippen LogP contribution in [0.2, 0.25) is 0 Å². The maximum absolute atomic E-state index is 11.9. The van der Waals surface area contributed by atoms with E-state index >= 15 is 0 Å². The summed E-state index contributed by atoms with van der Waals surface area (Å²) in [7, 11) is 0. The quantitative estimate of drug-likeness (QED) is 0.850. The summed E-state index contributed by atoms with van der Waals surface area (Å²) in [5.74, 6) is -0.224. The first-order valence-electron chi connectivity index (χ1n) is 5.57. The van der Waals surface area contributed by atoms with Gasteiger partial charge in [0, 0.05) is 11.9 Å². The molecule has 0 aromatic carbocycles. The van der Waals surface area contributed by atoms with Crippen LogP contribution in [0.15, 0.2) is 36.7 Å². The summed E-state index contributed by atoms with van der Waals surface area (Å²) in [4.78, 5) is 20.0. The number of nitrogens with two attached hydrogens (primary N) is 1.